The van der Waals surface area contributed by atoms with E-state index in [-0.39, 0.29) is 0 Å². The molecule has 88 valence electrons. The lowest BCUT2D eigenvalue weighted by Gasteiger charge is -2.37. The molecule has 15 heavy (non-hydrogen) atoms. The van der Waals surface area contributed by atoms with Gasteiger partial charge in [-0.15, -0.1) is 0 Å². The molecular formula is C11H21NOS2. The van der Waals surface area contributed by atoms with E-state index in [1.165, 1.54) is 17.9 Å². The van der Waals surface area contributed by atoms with Gasteiger partial charge in [0, 0.05) is 40.6 Å². The topological polar surface area (TPSA) is 21.3 Å². The van der Waals surface area contributed by atoms with Crippen molar-refractivity contribution in [1.29, 1.82) is 0 Å². The Bertz CT molecular complexity index is 197. The van der Waals surface area contributed by atoms with Gasteiger partial charge in [-0.2, -0.15) is 23.5 Å². The van der Waals surface area contributed by atoms with Gasteiger partial charge in [0.1, 0.15) is 0 Å². The fourth-order valence-corrected chi connectivity index (χ4v) is 5.63. The van der Waals surface area contributed by atoms with E-state index in [4.69, 9.17) is 4.74 Å². The molecule has 0 aromatic carbocycles. The molecule has 2 heterocycles. The highest BCUT2D eigenvalue weighted by Crippen LogP contribution is 2.36. The van der Waals surface area contributed by atoms with Crippen molar-refractivity contribution in [3.05, 3.63) is 0 Å². The summed E-state index contributed by atoms with van der Waals surface area (Å²) in [7, 11) is 2.11. The van der Waals surface area contributed by atoms with Crippen LogP contribution in [-0.2, 0) is 4.74 Å². The van der Waals surface area contributed by atoms with Crippen LogP contribution in [0.3, 0.4) is 0 Å². The SMILES string of the molecule is CNC(C1CCOC1)C1SCCSC1C. The van der Waals surface area contributed by atoms with Gasteiger partial charge in [-0.3, -0.25) is 0 Å². The monoisotopic (exact) mass is 247 g/mol. The molecule has 0 bridgehead atoms. The van der Waals surface area contributed by atoms with Crippen LogP contribution < -0.4 is 5.32 Å². The minimum atomic E-state index is 0.639. The number of thioether (sulfide) groups is 2. The zero-order valence-electron chi connectivity index (χ0n) is 9.57. The number of nitrogens with one attached hydrogen (secondary N) is 1. The molecule has 0 radical (unpaired) electrons. The lowest BCUT2D eigenvalue weighted by molar-refractivity contribution is 0.177. The molecular weight excluding hydrogens is 226 g/mol. The van der Waals surface area contributed by atoms with Gasteiger partial charge in [-0.1, -0.05) is 6.92 Å². The molecule has 0 aromatic heterocycles. The quantitative estimate of drug-likeness (QED) is 0.821. The van der Waals surface area contributed by atoms with Gasteiger partial charge >= 0.3 is 0 Å². The highest BCUT2D eigenvalue weighted by atomic mass is 32.2. The van der Waals surface area contributed by atoms with Gasteiger partial charge in [0.25, 0.3) is 0 Å². The summed E-state index contributed by atoms with van der Waals surface area (Å²) >= 11 is 4.28. The zero-order chi connectivity index (χ0) is 10.7. The van der Waals surface area contributed by atoms with Crippen molar-refractivity contribution in [2.24, 2.45) is 5.92 Å². The Morgan fingerprint density at radius 1 is 1.33 bits per heavy atom. The minimum absolute atomic E-state index is 0.639. The molecule has 2 nitrogen and oxygen atoms in total. The normalized spacial score (nSPS) is 39.2. The van der Waals surface area contributed by atoms with Crippen molar-refractivity contribution in [2.45, 2.75) is 29.9 Å². The molecule has 0 aliphatic carbocycles. The molecule has 0 saturated carbocycles. The molecule has 2 saturated heterocycles. The first kappa shape index (κ1) is 12.1. The highest BCUT2D eigenvalue weighted by molar-refractivity contribution is 8.07. The molecule has 2 fully saturated rings. The van der Waals surface area contributed by atoms with E-state index in [9.17, 15) is 0 Å². The molecule has 1 N–H and O–H groups in total. The molecule has 2 aliphatic rings. The lowest BCUT2D eigenvalue weighted by atomic mass is 9.94. The first-order valence-corrected chi connectivity index (χ1v) is 7.91. The number of hydrogen-bond donors (Lipinski definition) is 1. The third-order valence-electron chi connectivity index (χ3n) is 3.40. The summed E-state index contributed by atoms with van der Waals surface area (Å²) in [6, 6.07) is 0.639. The van der Waals surface area contributed by atoms with Crippen LogP contribution in [0.15, 0.2) is 0 Å². The van der Waals surface area contributed by atoms with Crippen LogP contribution >= 0.6 is 23.5 Å². The van der Waals surface area contributed by atoms with E-state index in [1.54, 1.807) is 0 Å². The van der Waals surface area contributed by atoms with Gasteiger partial charge in [-0.05, 0) is 13.5 Å². The van der Waals surface area contributed by atoms with Crippen LogP contribution in [0.2, 0.25) is 0 Å². The average molecular weight is 247 g/mol. The van der Waals surface area contributed by atoms with E-state index in [0.29, 0.717) is 6.04 Å². The third-order valence-corrected chi connectivity index (χ3v) is 6.61. The van der Waals surface area contributed by atoms with E-state index < -0.39 is 0 Å². The van der Waals surface area contributed by atoms with Crippen molar-refractivity contribution >= 4 is 23.5 Å². The smallest absolute Gasteiger partial charge is 0.0510 e. The van der Waals surface area contributed by atoms with Crippen LogP contribution in [0.4, 0.5) is 0 Å². The summed E-state index contributed by atoms with van der Waals surface area (Å²) < 4.78 is 5.51. The second-order valence-corrected chi connectivity index (χ2v) is 7.12. The first-order chi connectivity index (χ1) is 7.33. The van der Waals surface area contributed by atoms with Gasteiger partial charge in [0.05, 0.1) is 6.61 Å². The minimum Gasteiger partial charge on any atom is -0.381 e. The molecule has 2 rings (SSSR count). The number of ether oxygens (including phenoxy) is 1. The van der Waals surface area contributed by atoms with Crippen molar-refractivity contribution in [1.82, 2.24) is 5.32 Å². The molecule has 4 unspecified atom stereocenters. The number of rotatable bonds is 3. The van der Waals surface area contributed by atoms with E-state index in [0.717, 1.165) is 29.6 Å². The first-order valence-electron chi connectivity index (χ1n) is 5.81. The van der Waals surface area contributed by atoms with Crippen LogP contribution in [0.1, 0.15) is 13.3 Å². The molecule has 4 heteroatoms. The lowest BCUT2D eigenvalue weighted by Crippen LogP contribution is -2.47. The van der Waals surface area contributed by atoms with Crippen LogP contribution in [-0.4, -0.2) is 48.3 Å². The molecule has 0 spiro atoms. The summed E-state index contributed by atoms with van der Waals surface area (Å²) in [5.41, 5.74) is 0. The van der Waals surface area contributed by atoms with Crippen molar-refractivity contribution in [2.75, 3.05) is 31.8 Å². The Balaban J connectivity index is 1.97. The highest BCUT2D eigenvalue weighted by Gasteiger charge is 2.35. The van der Waals surface area contributed by atoms with Gasteiger partial charge < -0.3 is 10.1 Å². The Hall–Kier alpha value is 0.620. The van der Waals surface area contributed by atoms with Crippen LogP contribution in [0, 0.1) is 5.92 Å². The average Bonchev–Trinajstić information content (AvgIpc) is 2.75. The van der Waals surface area contributed by atoms with Crippen LogP contribution in [0.5, 0.6) is 0 Å². The second kappa shape index (κ2) is 5.80. The predicted molar refractivity (Wildman–Crippen MR) is 69.9 cm³/mol. The second-order valence-electron chi connectivity index (χ2n) is 4.35. The van der Waals surface area contributed by atoms with Crippen molar-refractivity contribution in [3.63, 3.8) is 0 Å². The zero-order valence-corrected chi connectivity index (χ0v) is 11.2. The van der Waals surface area contributed by atoms with E-state index >= 15 is 0 Å². The fourth-order valence-electron chi connectivity index (χ4n) is 2.55. The standard InChI is InChI=1S/C11H21NOS2/c1-8-11(15-6-5-14-8)10(12-2)9-3-4-13-7-9/h8-12H,3-7H2,1-2H3. The Morgan fingerprint density at radius 2 is 2.13 bits per heavy atom. The largest absolute Gasteiger partial charge is 0.381 e. The van der Waals surface area contributed by atoms with Crippen molar-refractivity contribution in [3.8, 4) is 0 Å². The maximum Gasteiger partial charge on any atom is 0.0510 e. The third kappa shape index (κ3) is 2.84. The summed E-state index contributed by atoms with van der Waals surface area (Å²) in [6.45, 7) is 4.29. The predicted octanol–water partition coefficient (Wildman–Crippen LogP) is 1.85. The fraction of sp³-hybridized carbons (Fsp3) is 1.00. The molecule has 0 aromatic rings. The maximum atomic E-state index is 5.51. The maximum absolute atomic E-state index is 5.51. The summed E-state index contributed by atoms with van der Waals surface area (Å²) in [6.07, 6.45) is 1.24. The van der Waals surface area contributed by atoms with Gasteiger partial charge in [0.15, 0.2) is 0 Å². The Kier molecular flexibility index (Phi) is 4.68. The van der Waals surface area contributed by atoms with E-state index in [2.05, 4.69) is 42.8 Å². The van der Waals surface area contributed by atoms with Crippen LogP contribution in [0.25, 0.3) is 0 Å². The van der Waals surface area contributed by atoms with E-state index in [1.807, 2.05) is 0 Å². The molecule has 4 atom stereocenters. The Morgan fingerprint density at radius 3 is 2.73 bits per heavy atom. The summed E-state index contributed by atoms with van der Waals surface area (Å²) in [4.78, 5) is 0. The van der Waals surface area contributed by atoms with Crippen molar-refractivity contribution < 1.29 is 4.74 Å². The summed E-state index contributed by atoms with van der Waals surface area (Å²) in [5.74, 6) is 3.36. The van der Waals surface area contributed by atoms with Gasteiger partial charge in [-0.25, -0.2) is 0 Å². The molecule has 2 aliphatic heterocycles. The van der Waals surface area contributed by atoms with Gasteiger partial charge in [0.2, 0.25) is 0 Å². The molecule has 0 amide bonds. The Labute approximate surface area is 101 Å². The number of hydrogen-bond acceptors (Lipinski definition) is 4. The summed E-state index contributed by atoms with van der Waals surface area (Å²) in [5, 5.41) is 5.07.